The van der Waals surface area contributed by atoms with Gasteiger partial charge in [-0.3, -0.25) is 9.69 Å². The Balaban J connectivity index is 1.35. The summed E-state index contributed by atoms with van der Waals surface area (Å²) in [5.74, 6) is 0.0859. The number of fused-ring (bicyclic) bond motifs is 2. The second-order valence-electron chi connectivity index (χ2n) is 10.4. The third-order valence-corrected chi connectivity index (χ3v) is 9.45. The summed E-state index contributed by atoms with van der Waals surface area (Å²) in [7, 11) is -2.80. The third kappa shape index (κ3) is 7.21. The third-order valence-electron chi connectivity index (χ3n) is 7.62. The summed E-state index contributed by atoms with van der Waals surface area (Å²) in [5, 5.41) is 0. The number of carbonyl (C=O) groups excluding carboxylic acids is 2. The van der Waals surface area contributed by atoms with Crippen molar-refractivity contribution in [1.29, 1.82) is 0 Å². The molecular weight excluding hydrogens is 603 g/mol. The highest BCUT2D eigenvalue weighted by Crippen LogP contribution is 2.38. The molecule has 1 aromatic carbocycles. The molecule has 3 aliphatic heterocycles. The van der Waals surface area contributed by atoms with Crippen molar-refractivity contribution in [3.8, 4) is 17.4 Å². The highest BCUT2D eigenvalue weighted by molar-refractivity contribution is 7.89. The molecule has 0 aliphatic carbocycles. The topological polar surface area (TPSA) is 155 Å². The monoisotopic (exact) mass is 638 g/mol. The van der Waals surface area contributed by atoms with Gasteiger partial charge in [0.15, 0.2) is 6.29 Å². The lowest BCUT2D eigenvalue weighted by Gasteiger charge is -2.44. The van der Waals surface area contributed by atoms with Crippen molar-refractivity contribution in [2.24, 2.45) is 0 Å². The number of hydrogen-bond acceptors (Lipinski definition) is 11. The normalized spacial score (nSPS) is 23.6. The van der Waals surface area contributed by atoms with Gasteiger partial charge in [-0.1, -0.05) is 0 Å². The molecule has 44 heavy (non-hydrogen) atoms. The molecule has 4 heterocycles. The van der Waals surface area contributed by atoms with E-state index >= 15 is 0 Å². The lowest BCUT2D eigenvalue weighted by molar-refractivity contribution is -0.203. The maximum atomic E-state index is 14.0. The first-order chi connectivity index (χ1) is 21.3. The first-order valence-corrected chi connectivity index (χ1v) is 15.7. The van der Waals surface area contributed by atoms with E-state index < -0.39 is 53.3 Å². The summed E-state index contributed by atoms with van der Waals surface area (Å²) < 4.78 is 67.7. The molecule has 2 amide bonds. The number of benzene rings is 1. The van der Waals surface area contributed by atoms with Crippen LogP contribution >= 0.6 is 0 Å². The number of hydrogen-bond donors (Lipinski definition) is 1. The van der Waals surface area contributed by atoms with Crippen LogP contribution in [0.2, 0.25) is 0 Å². The zero-order valence-electron chi connectivity index (χ0n) is 24.1. The molecule has 0 spiro atoms. The summed E-state index contributed by atoms with van der Waals surface area (Å²) in [6, 6.07) is 6.24. The molecule has 1 aromatic heterocycles. The standard InChI is InChI=1S/C28H35FN4O10S/c1-38-14-15-40-28(35)33-19-5-11-23(33)26(27(34)31-43-25-4-2-3-13-39-25)32(17-19)44(36,37)22-10-12-24(30-16-22)42-21-8-6-20(7-9-21)41-18-29/h6-10,12,16,19,23,25-26H,2-5,11,13-15,17-18H2,1H3,(H,31,34)/t19-,23+,25?,26-/m1/s1. The number of ether oxygens (including phenoxy) is 5. The van der Waals surface area contributed by atoms with E-state index in [-0.39, 0.29) is 30.5 Å². The van der Waals surface area contributed by atoms with Crippen LogP contribution in [0.5, 0.6) is 17.4 Å². The molecule has 240 valence electrons. The molecule has 14 nitrogen and oxygen atoms in total. The lowest BCUT2D eigenvalue weighted by atomic mass is 10.1. The second kappa shape index (κ2) is 14.5. The Morgan fingerprint density at radius 2 is 1.86 bits per heavy atom. The van der Waals surface area contributed by atoms with Crippen molar-refractivity contribution in [1.82, 2.24) is 19.7 Å². The molecule has 1 N–H and O–H groups in total. The zero-order chi connectivity index (χ0) is 31.1. The van der Waals surface area contributed by atoms with Gasteiger partial charge in [-0.2, -0.15) is 4.31 Å². The quantitative estimate of drug-likeness (QED) is 0.270. The number of aromatic nitrogens is 1. The Kier molecular flexibility index (Phi) is 10.5. The first-order valence-electron chi connectivity index (χ1n) is 14.3. The van der Waals surface area contributed by atoms with Crippen LogP contribution in [-0.2, 0) is 33.9 Å². The van der Waals surface area contributed by atoms with Crippen LogP contribution in [0.15, 0.2) is 47.5 Å². The largest absolute Gasteiger partial charge is 0.463 e. The number of alkyl halides is 1. The van der Waals surface area contributed by atoms with Gasteiger partial charge in [-0.05, 0) is 56.0 Å². The van der Waals surface area contributed by atoms with Crippen molar-refractivity contribution >= 4 is 22.0 Å². The molecule has 2 aromatic rings. The van der Waals surface area contributed by atoms with Crippen LogP contribution in [0.1, 0.15) is 32.1 Å². The molecule has 5 rings (SSSR count). The minimum Gasteiger partial charge on any atom is -0.463 e. The van der Waals surface area contributed by atoms with Crippen LogP contribution < -0.4 is 15.0 Å². The lowest BCUT2D eigenvalue weighted by Crippen LogP contribution is -2.66. The highest BCUT2D eigenvalue weighted by atomic mass is 32.2. The highest BCUT2D eigenvalue weighted by Gasteiger charge is 2.55. The van der Waals surface area contributed by atoms with Gasteiger partial charge in [0.05, 0.1) is 18.8 Å². The number of rotatable bonds is 12. The van der Waals surface area contributed by atoms with E-state index in [1.54, 1.807) is 12.1 Å². The Bertz CT molecular complexity index is 1380. The fraction of sp³-hybridized carbons (Fsp3) is 0.536. The fourth-order valence-corrected chi connectivity index (χ4v) is 7.13. The molecule has 3 fully saturated rings. The number of piperazine rings is 1. The number of nitrogens with zero attached hydrogens (tertiary/aromatic N) is 3. The van der Waals surface area contributed by atoms with Gasteiger partial charge >= 0.3 is 6.09 Å². The van der Waals surface area contributed by atoms with Crippen molar-refractivity contribution in [3.63, 3.8) is 0 Å². The summed E-state index contributed by atoms with van der Waals surface area (Å²) in [6.45, 7) is -0.400. The van der Waals surface area contributed by atoms with Crippen molar-refractivity contribution < 1.29 is 50.9 Å². The molecule has 3 saturated heterocycles. The van der Waals surface area contributed by atoms with Crippen molar-refractivity contribution in [2.45, 2.75) is 61.4 Å². The number of nitrogens with one attached hydrogen (secondary N) is 1. The van der Waals surface area contributed by atoms with E-state index in [0.29, 0.717) is 37.4 Å². The van der Waals surface area contributed by atoms with Gasteiger partial charge in [-0.25, -0.2) is 32.9 Å². The van der Waals surface area contributed by atoms with Crippen molar-refractivity contribution in [2.75, 3.05) is 40.3 Å². The van der Waals surface area contributed by atoms with E-state index in [0.717, 1.165) is 23.3 Å². The molecule has 0 radical (unpaired) electrons. The summed E-state index contributed by atoms with van der Waals surface area (Å²) in [4.78, 5) is 37.5. The molecule has 1 unspecified atom stereocenters. The van der Waals surface area contributed by atoms with E-state index in [2.05, 4.69) is 10.5 Å². The smallest absolute Gasteiger partial charge is 0.410 e. The molecule has 2 bridgehead atoms. The number of halogens is 1. The number of hydroxylamine groups is 1. The predicted molar refractivity (Wildman–Crippen MR) is 150 cm³/mol. The van der Waals surface area contributed by atoms with Gasteiger partial charge in [0.2, 0.25) is 22.8 Å². The first kappa shape index (κ1) is 31.8. The van der Waals surface area contributed by atoms with Crippen LogP contribution in [-0.4, -0.2) is 99.4 Å². The molecule has 4 atom stereocenters. The molecule has 0 saturated carbocycles. The Hall–Kier alpha value is -3.57. The average Bonchev–Trinajstić information content (AvgIpc) is 3.34. The van der Waals surface area contributed by atoms with Crippen LogP contribution in [0.25, 0.3) is 0 Å². The van der Waals surface area contributed by atoms with Crippen LogP contribution in [0, 0.1) is 0 Å². The van der Waals surface area contributed by atoms with Crippen LogP contribution in [0.4, 0.5) is 9.18 Å². The number of sulfonamides is 1. The second-order valence-corrected chi connectivity index (χ2v) is 12.3. The Morgan fingerprint density at radius 1 is 1.07 bits per heavy atom. The van der Waals surface area contributed by atoms with E-state index in [9.17, 15) is 22.4 Å². The van der Waals surface area contributed by atoms with Gasteiger partial charge in [0.25, 0.3) is 5.91 Å². The van der Waals surface area contributed by atoms with Crippen LogP contribution in [0.3, 0.4) is 0 Å². The Morgan fingerprint density at radius 3 is 2.55 bits per heavy atom. The fourth-order valence-electron chi connectivity index (χ4n) is 5.53. The van der Waals surface area contributed by atoms with Gasteiger partial charge in [0, 0.05) is 38.8 Å². The molecule has 16 heteroatoms. The maximum absolute atomic E-state index is 14.0. The number of methoxy groups -OCH3 is 1. The number of amides is 2. The van der Waals surface area contributed by atoms with Gasteiger partial charge in [-0.15, -0.1) is 0 Å². The summed E-state index contributed by atoms with van der Waals surface area (Å²) >= 11 is 0. The zero-order valence-corrected chi connectivity index (χ0v) is 24.9. The van der Waals surface area contributed by atoms with E-state index in [1.165, 1.54) is 36.3 Å². The number of carbonyl (C=O) groups is 2. The Labute approximate surface area is 254 Å². The average molecular weight is 639 g/mol. The van der Waals surface area contributed by atoms with E-state index in [4.69, 9.17) is 28.5 Å². The molecular formula is C28H35FN4O10S. The SMILES string of the molecule is COCCOC(=O)N1[C@@H]2CC[C@H]1[C@H](C(=O)NOC1CCCCO1)N(S(=O)(=O)c1ccc(Oc3ccc(OCF)cc3)nc1)C2. The van der Waals surface area contributed by atoms with Gasteiger partial charge in [0.1, 0.15) is 29.0 Å². The summed E-state index contributed by atoms with van der Waals surface area (Å²) in [6.07, 6.45) is 3.02. The molecule has 3 aliphatic rings. The summed E-state index contributed by atoms with van der Waals surface area (Å²) in [5.41, 5.74) is 2.38. The van der Waals surface area contributed by atoms with Crippen molar-refractivity contribution in [3.05, 3.63) is 42.6 Å². The van der Waals surface area contributed by atoms with E-state index in [1.807, 2.05) is 0 Å². The van der Waals surface area contributed by atoms with Gasteiger partial charge < -0.3 is 23.7 Å². The number of pyridine rings is 1. The maximum Gasteiger partial charge on any atom is 0.410 e. The predicted octanol–water partition coefficient (Wildman–Crippen LogP) is 2.74. The minimum atomic E-state index is -4.28. The minimum absolute atomic E-state index is 0.0158.